The summed E-state index contributed by atoms with van der Waals surface area (Å²) in [6, 6.07) is 5.87. The molecule has 0 spiro atoms. The number of amides is 1. The van der Waals surface area contributed by atoms with Crippen LogP contribution >= 0.6 is 15.9 Å². The Bertz CT molecular complexity index is 616. The van der Waals surface area contributed by atoms with Crippen molar-refractivity contribution in [2.75, 3.05) is 0 Å². The van der Waals surface area contributed by atoms with E-state index in [1.165, 1.54) is 18.2 Å². The van der Waals surface area contributed by atoms with Crippen LogP contribution in [0.3, 0.4) is 0 Å². The van der Waals surface area contributed by atoms with Crippen LogP contribution in [0.15, 0.2) is 41.1 Å². The van der Waals surface area contributed by atoms with Crippen LogP contribution in [0, 0.1) is 12.7 Å². The Hall–Kier alpha value is -1.75. The molecule has 1 aromatic carbocycles. The van der Waals surface area contributed by atoms with Crippen LogP contribution in [-0.2, 0) is 6.54 Å². The van der Waals surface area contributed by atoms with Crippen molar-refractivity contribution in [2.45, 2.75) is 13.5 Å². The van der Waals surface area contributed by atoms with Gasteiger partial charge in [0.15, 0.2) is 0 Å². The second-order valence-corrected chi connectivity index (χ2v) is 4.96. The molecular weight excluding hydrogens is 311 g/mol. The number of nitrogens with one attached hydrogen (secondary N) is 1. The van der Waals surface area contributed by atoms with E-state index >= 15 is 0 Å². The number of hydrogen-bond acceptors (Lipinski definition) is 2. The molecule has 2 aromatic rings. The van der Waals surface area contributed by atoms with Gasteiger partial charge in [0.05, 0.1) is 5.56 Å². The maximum absolute atomic E-state index is 13.1. The van der Waals surface area contributed by atoms with E-state index in [1.54, 1.807) is 12.4 Å². The second kappa shape index (κ2) is 5.93. The summed E-state index contributed by atoms with van der Waals surface area (Å²) in [6.07, 6.45) is 3.41. The topological polar surface area (TPSA) is 42.0 Å². The van der Waals surface area contributed by atoms with Gasteiger partial charge >= 0.3 is 0 Å². The molecule has 0 atom stereocenters. The Balaban J connectivity index is 2.10. The molecule has 0 radical (unpaired) electrons. The first kappa shape index (κ1) is 13.7. The van der Waals surface area contributed by atoms with E-state index in [2.05, 4.69) is 26.2 Å². The molecule has 1 N–H and O–H groups in total. The highest BCUT2D eigenvalue weighted by Gasteiger charge is 2.11. The third-order valence-electron chi connectivity index (χ3n) is 2.75. The number of carbonyl (C=O) groups is 1. The lowest BCUT2D eigenvalue weighted by atomic mass is 10.1. The lowest BCUT2D eigenvalue weighted by Crippen LogP contribution is -2.23. The monoisotopic (exact) mass is 322 g/mol. The predicted molar refractivity (Wildman–Crippen MR) is 74.2 cm³/mol. The highest BCUT2D eigenvalue weighted by molar-refractivity contribution is 9.10. The average Bonchev–Trinajstić information content (AvgIpc) is 2.40. The van der Waals surface area contributed by atoms with Crippen molar-refractivity contribution in [1.82, 2.24) is 10.3 Å². The fraction of sp³-hybridized carbons (Fsp3) is 0.143. The van der Waals surface area contributed by atoms with E-state index in [0.717, 1.165) is 11.1 Å². The van der Waals surface area contributed by atoms with Gasteiger partial charge in [-0.2, -0.15) is 0 Å². The maximum atomic E-state index is 13.1. The SMILES string of the molecule is Cc1cnccc1CNC(=O)c1cc(F)ccc1Br. The van der Waals surface area contributed by atoms with Gasteiger partial charge in [0.2, 0.25) is 0 Å². The molecule has 0 bridgehead atoms. The molecule has 2 rings (SSSR count). The van der Waals surface area contributed by atoms with Crippen molar-refractivity contribution in [2.24, 2.45) is 0 Å². The van der Waals surface area contributed by atoms with Gasteiger partial charge < -0.3 is 5.32 Å². The maximum Gasteiger partial charge on any atom is 0.252 e. The zero-order valence-corrected chi connectivity index (χ0v) is 11.9. The van der Waals surface area contributed by atoms with Crippen molar-refractivity contribution >= 4 is 21.8 Å². The zero-order chi connectivity index (χ0) is 13.8. The summed E-state index contributed by atoms with van der Waals surface area (Å²) < 4.78 is 13.7. The smallest absolute Gasteiger partial charge is 0.252 e. The lowest BCUT2D eigenvalue weighted by Gasteiger charge is -2.08. The fourth-order valence-electron chi connectivity index (χ4n) is 1.64. The lowest BCUT2D eigenvalue weighted by molar-refractivity contribution is 0.0949. The number of hydrogen-bond donors (Lipinski definition) is 1. The van der Waals surface area contributed by atoms with E-state index in [1.807, 2.05) is 13.0 Å². The molecule has 1 aromatic heterocycles. The molecular formula is C14H12BrFN2O. The number of nitrogens with zero attached hydrogens (tertiary/aromatic N) is 1. The normalized spacial score (nSPS) is 10.3. The van der Waals surface area contributed by atoms with Gasteiger partial charge in [0.1, 0.15) is 5.82 Å². The van der Waals surface area contributed by atoms with Gasteiger partial charge in [-0.1, -0.05) is 0 Å². The van der Waals surface area contributed by atoms with Crippen LogP contribution in [-0.4, -0.2) is 10.9 Å². The minimum absolute atomic E-state index is 0.284. The molecule has 5 heteroatoms. The van der Waals surface area contributed by atoms with Gasteiger partial charge in [-0.3, -0.25) is 9.78 Å². The van der Waals surface area contributed by atoms with E-state index in [-0.39, 0.29) is 11.5 Å². The molecule has 0 saturated heterocycles. The number of benzene rings is 1. The third-order valence-corrected chi connectivity index (χ3v) is 3.44. The van der Waals surface area contributed by atoms with Crippen LogP contribution < -0.4 is 5.32 Å². The van der Waals surface area contributed by atoms with Gasteiger partial charge in [-0.25, -0.2) is 4.39 Å². The predicted octanol–water partition coefficient (Wildman–Crippen LogP) is 3.22. The van der Waals surface area contributed by atoms with Gasteiger partial charge in [-0.15, -0.1) is 0 Å². The standard InChI is InChI=1S/C14H12BrFN2O/c1-9-7-17-5-4-10(9)8-18-14(19)12-6-11(16)2-3-13(12)15/h2-7H,8H2,1H3,(H,18,19). The first-order valence-electron chi connectivity index (χ1n) is 5.70. The first-order chi connectivity index (χ1) is 9.08. The van der Waals surface area contributed by atoms with Crippen molar-refractivity contribution < 1.29 is 9.18 Å². The Kier molecular flexibility index (Phi) is 4.27. The van der Waals surface area contributed by atoms with E-state index in [4.69, 9.17) is 0 Å². The largest absolute Gasteiger partial charge is 0.348 e. The average molecular weight is 323 g/mol. The molecule has 3 nitrogen and oxygen atoms in total. The molecule has 98 valence electrons. The Morgan fingerprint density at radius 2 is 2.21 bits per heavy atom. The Morgan fingerprint density at radius 3 is 2.95 bits per heavy atom. The van der Waals surface area contributed by atoms with Crippen molar-refractivity contribution in [1.29, 1.82) is 0 Å². The minimum atomic E-state index is -0.437. The molecule has 0 aliphatic heterocycles. The number of carbonyl (C=O) groups excluding carboxylic acids is 1. The summed E-state index contributed by atoms with van der Waals surface area (Å²) in [4.78, 5) is 16.0. The summed E-state index contributed by atoms with van der Waals surface area (Å²) in [5, 5.41) is 2.76. The fourth-order valence-corrected chi connectivity index (χ4v) is 2.07. The van der Waals surface area contributed by atoms with Crippen LogP contribution in [0.2, 0.25) is 0 Å². The van der Waals surface area contributed by atoms with Gasteiger partial charge in [-0.05, 0) is 58.2 Å². The number of pyridine rings is 1. The van der Waals surface area contributed by atoms with Crippen LogP contribution in [0.25, 0.3) is 0 Å². The molecule has 0 aliphatic carbocycles. The van der Waals surface area contributed by atoms with Crippen LogP contribution in [0.1, 0.15) is 21.5 Å². The Morgan fingerprint density at radius 1 is 1.42 bits per heavy atom. The van der Waals surface area contributed by atoms with Crippen molar-refractivity contribution in [3.05, 3.63) is 63.6 Å². The van der Waals surface area contributed by atoms with E-state index in [0.29, 0.717) is 11.0 Å². The highest BCUT2D eigenvalue weighted by atomic mass is 79.9. The quantitative estimate of drug-likeness (QED) is 0.942. The first-order valence-corrected chi connectivity index (χ1v) is 6.50. The van der Waals surface area contributed by atoms with Gasteiger partial charge in [0, 0.05) is 23.4 Å². The van der Waals surface area contributed by atoms with E-state index < -0.39 is 5.82 Å². The molecule has 0 aliphatic rings. The van der Waals surface area contributed by atoms with Crippen LogP contribution in [0.4, 0.5) is 4.39 Å². The van der Waals surface area contributed by atoms with Gasteiger partial charge in [0.25, 0.3) is 5.91 Å². The zero-order valence-electron chi connectivity index (χ0n) is 10.3. The number of aromatic nitrogens is 1. The summed E-state index contributed by atoms with van der Waals surface area (Å²) in [6.45, 7) is 2.31. The summed E-state index contributed by atoms with van der Waals surface area (Å²) in [5.41, 5.74) is 2.27. The molecule has 1 heterocycles. The summed E-state index contributed by atoms with van der Waals surface area (Å²) in [7, 11) is 0. The molecule has 1 amide bonds. The minimum Gasteiger partial charge on any atom is -0.348 e. The summed E-state index contributed by atoms with van der Waals surface area (Å²) in [5.74, 6) is -0.754. The Labute approximate surface area is 119 Å². The number of halogens is 2. The highest BCUT2D eigenvalue weighted by Crippen LogP contribution is 2.18. The molecule has 0 fully saturated rings. The van der Waals surface area contributed by atoms with Crippen molar-refractivity contribution in [3.8, 4) is 0 Å². The number of rotatable bonds is 3. The molecule has 0 unspecified atom stereocenters. The molecule has 0 saturated carbocycles. The molecule has 19 heavy (non-hydrogen) atoms. The second-order valence-electron chi connectivity index (χ2n) is 4.11. The van der Waals surface area contributed by atoms with E-state index in [9.17, 15) is 9.18 Å². The van der Waals surface area contributed by atoms with Crippen molar-refractivity contribution in [3.63, 3.8) is 0 Å². The van der Waals surface area contributed by atoms with Crippen LogP contribution in [0.5, 0.6) is 0 Å². The third kappa shape index (κ3) is 3.38. The number of aryl methyl sites for hydroxylation is 1. The summed E-state index contributed by atoms with van der Waals surface area (Å²) >= 11 is 3.23.